The van der Waals surface area contributed by atoms with Gasteiger partial charge in [-0.1, -0.05) is 48.5 Å². The summed E-state index contributed by atoms with van der Waals surface area (Å²) in [5.41, 5.74) is 1.79. The van der Waals surface area contributed by atoms with Crippen molar-refractivity contribution in [2.75, 3.05) is 62.6 Å². The van der Waals surface area contributed by atoms with E-state index in [1.54, 1.807) is 36.4 Å². The molecule has 0 bridgehead atoms. The van der Waals surface area contributed by atoms with Crippen LogP contribution in [-0.4, -0.2) is 81.4 Å². The van der Waals surface area contributed by atoms with Gasteiger partial charge in [-0.2, -0.15) is 0 Å². The number of sulfonamides is 2. The van der Waals surface area contributed by atoms with E-state index in [2.05, 4.69) is 14.8 Å². The fourth-order valence-electron chi connectivity index (χ4n) is 5.28. The van der Waals surface area contributed by atoms with Crippen molar-refractivity contribution in [3.8, 4) is 0 Å². The fraction of sp³-hybridized carbons (Fsp3) is 0.250. The summed E-state index contributed by atoms with van der Waals surface area (Å²) < 4.78 is 58.2. The van der Waals surface area contributed by atoms with Gasteiger partial charge in [0, 0.05) is 85.7 Å². The summed E-state index contributed by atoms with van der Waals surface area (Å²) in [6, 6.07) is 21.2. The van der Waals surface area contributed by atoms with Crippen molar-refractivity contribution in [1.29, 1.82) is 0 Å². The van der Waals surface area contributed by atoms with Gasteiger partial charge in [-0.3, -0.25) is 14.9 Å². The Hall–Kier alpha value is -3.60. The van der Waals surface area contributed by atoms with E-state index in [0.717, 1.165) is 45.7 Å². The Labute approximate surface area is 283 Å². The quantitative estimate of drug-likeness (QED) is 0.131. The molecule has 0 aliphatic carbocycles. The summed E-state index contributed by atoms with van der Waals surface area (Å²) in [5.74, 6) is -0.752. The highest BCUT2D eigenvalue weighted by atomic mass is 32.2. The zero-order valence-electron chi connectivity index (χ0n) is 26.2. The van der Waals surface area contributed by atoms with Crippen LogP contribution >= 0.6 is 23.5 Å². The van der Waals surface area contributed by atoms with Crippen molar-refractivity contribution in [1.82, 2.24) is 14.8 Å². The van der Waals surface area contributed by atoms with Crippen LogP contribution in [0.25, 0.3) is 21.5 Å². The summed E-state index contributed by atoms with van der Waals surface area (Å²) in [6.07, 6.45) is 0. The number of rotatable bonds is 14. The van der Waals surface area contributed by atoms with Crippen LogP contribution in [0.3, 0.4) is 0 Å². The summed E-state index contributed by atoms with van der Waals surface area (Å²) >= 11 is 2.13. The van der Waals surface area contributed by atoms with Crippen molar-refractivity contribution < 1.29 is 26.4 Å². The van der Waals surface area contributed by atoms with Crippen molar-refractivity contribution in [2.45, 2.75) is 9.79 Å². The molecule has 0 fully saturated rings. The van der Waals surface area contributed by atoms with Crippen LogP contribution in [0.1, 0.15) is 0 Å². The SMILES string of the molecule is CN(C)c1cccc2c(S(=O)(=O)NCCSC3=C(SCCNS(=O)(=O)c4cccc5c(N(C)C)cccc45)C(=O)NC3=O)cccc12. The van der Waals surface area contributed by atoms with Crippen LogP contribution in [0, 0.1) is 0 Å². The largest absolute Gasteiger partial charge is 0.377 e. The second kappa shape index (κ2) is 14.3. The monoisotopic (exact) mass is 713 g/mol. The number of hydrogen-bond donors (Lipinski definition) is 3. The molecule has 0 atom stereocenters. The molecule has 47 heavy (non-hydrogen) atoms. The first-order chi connectivity index (χ1) is 22.3. The van der Waals surface area contributed by atoms with Gasteiger partial charge in [0.15, 0.2) is 0 Å². The minimum Gasteiger partial charge on any atom is -0.377 e. The molecular formula is C32H35N5O6S4. The van der Waals surface area contributed by atoms with Crippen LogP contribution in [-0.2, 0) is 29.6 Å². The predicted molar refractivity (Wildman–Crippen MR) is 192 cm³/mol. The molecule has 1 aliphatic heterocycles. The molecule has 4 aromatic carbocycles. The normalized spacial score (nSPS) is 13.9. The number of carbonyl (C=O) groups is 2. The summed E-state index contributed by atoms with van der Waals surface area (Å²) in [5, 5.41) is 5.07. The second-order valence-corrected chi connectivity index (χ2v) is 16.7. The highest BCUT2D eigenvalue weighted by molar-refractivity contribution is 8.08. The maximum Gasteiger partial charge on any atom is 0.265 e. The lowest BCUT2D eigenvalue weighted by Gasteiger charge is -2.17. The molecule has 0 aromatic heterocycles. The van der Waals surface area contributed by atoms with Crippen LogP contribution in [0.5, 0.6) is 0 Å². The van der Waals surface area contributed by atoms with Gasteiger partial charge in [-0.15, -0.1) is 23.5 Å². The smallest absolute Gasteiger partial charge is 0.265 e. The average molecular weight is 714 g/mol. The van der Waals surface area contributed by atoms with E-state index < -0.39 is 31.9 Å². The Balaban J connectivity index is 1.21. The molecular weight excluding hydrogens is 679 g/mol. The second-order valence-electron chi connectivity index (χ2n) is 11.0. The van der Waals surface area contributed by atoms with Gasteiger partial charge in [0.1, 0.15) is 0 Å². The molecule has 4 aromatic rings. The maximum atomic E-state index is 13.2. The van der Waals surface area contributed by atoms with Gasteiger partial charge < -0.3 is 9.80 Å². The van der Waals surface area contributed by atoms with Gasteiger partial charge in [-0.25, -0.2) is 26.3 Å². The first-order valence-electron chi connectivity index (χ1n) is 14.5. The molecule has 15 heteroatoms. The Kier molecular flexibility index (Phi) is 10.5. The molecule has 0 saturated carbocycles. The Bertz CT molecular complexity index is 1970. The number of amides is 2. The van der Waals surface area contributed by atoms with Crippen LogP contribution < -0.4 is 24.6 Å². The number of fused-ring (bicyclic) bond motifs is 2. The van der Waals surface area contributed by atoms with Crippen LogP contribution in [0.15, 0.2) is 92.4 Å². The zero-order chi connectivity index (χ0) is 33.9. The summed E-state index contributed by atoms with van der Waals surface area (Å²) in [7, 11) is -0.189. The van der Waals surface area contributed by atoms with E-state index in [1.807, 2.05) is 74.4 Å². The molecule has 0 radical (unpaired) electrons. The van der Waals surface area contributed by atoms with Crippen LogP contribution in [0.4, 0.5) is 11.4 Å². The number of thioether (sulfide) groups is 2. The van der Waals surface area contributed by atoms with Gasteiger partial charge in [0.2, 0.25) is 20.0 Å². The van der Waals surface area contributed by atoms with E-state index in [-0.39, 0.29) is 44.2 Å². The molecule has 248 valence electrons. The summed E-state index contributed by atoms with van der Waals surface area (Å²) in [4.78, 5) is 29.6. The van der Waals surface area contributed by atoms with Gasteiger partial charge in [0.05, 0.1) is 19.6 Å². The molecule has 11 nitrogen and oxygen atoms in total. The number of hydrogen-bond acceptors (Lipinski definition) is 10. The zero-order valence-corrected chi connectivity index (χ0v) is 29.5. The minimum absolute atomic E-state index is 0.0139. The molecule has 0 saturated heterocycles. The van der Waals surface area contributed by atoms with E-state index in [9.17, 15) is 26.4 Å². The van der Waals surface area contributed by atoms with Gasteiger partial charge >= 0.3 is 0 Å². The predicted octanol–water partition coefficient (Wildman–Crippen LogP) is 3.72. The summed E-state index contributed by atoms with van der Waals surface area (Å²) in [6.45, 7) is 0.0279. The van der Waals surface area contributed by atoms with Crippen molar-refractivity contribution in [2.24, 2.45) is 0 Å². The topological polar surface area (TPSA) is 145 Å². The average Bonchev–Trinajstić information content (AvgIpc) is 3.30. The number of nitrogens with one attached hydrogen (secondary N) is 3. The van der Waals surface area contributed by atoms with Gasteiger partial charge in [0.25, 0.3) is 11.8 Å². The van der Waals surface area contributed by atoms with E-state index in [1.165, 1.54) is 0 Å². The van der Waals surface area contributed by atoms with E-state index in [0.29, 0.717) is 10.8 Å². The third-order valence-electron chi connectivity index (χ3n) is 7.39. The molecule has 5 rings (SSSR count). The maximum absolute atomic E-state index is 13.2. The van der Waals surface area contributed by atoms with Gasteiger partial charge in [-0.05, 0) is 24.3 Å². The highest BCUT2D eigenvalue weighted by Crippen LogP contribution is 2.34. The molecule has 2 amide bonds. The lowest BCUT2D eigenvalue weighted by molar-refractivity contribution is -0.123. The molecule has 1 aliphatic rings. The number of nitrogens with zero attached hydrogens (tertiary/aromatic N) is 2. The highest BCUT2D eigenvalue weighted by Gasteiger charge is 2.31. The third kappa shape index (κ3) is 7.45. The van der Waals surface area contributed by atoms with E-state index in [4.69, 9.17) is 0 Å². The Morgan fingerprint density at radius 1 is 0.574 bits per heavy atom. The fourth-order valence-corrected chi connectivity index (χ4v) is 10.0. The van der Waals surface area contributed by atoms with Crippen molar-refractivity contribution in [3.05, 3.63) is 82.6 Å². The first-order valence-corrected chi connectivity index (χ1v) is 19.5. The Morgan fingerprint density at radius 2 is 0.936 bits per heavy atom. The Morgan fingerprint density at radius 3 is 1.32 bits per heavy atom. The molecule has 1 heterocycles. The first kappa shape index (κ1) is 34.7. The lowest BCUT2D eigenvalue weighted by Crippen LogP contribution is -2.27. The minimum atomic E-state index is -3.88. The van der Waals surface area contributed by atoms with Crippen LogP contribution in [0.2, 0.25) is 0 Å². The van der Waals surface area contributed by atoms with Crippen molar-refractivity contribution >= 4 is 88.3 Å². The number of anilines is 2. The van der Waals surface area contributed by atoms with E-state index >= 15 is 0 Å². The number of benzene rings is 4. The van der Waals surface area contributed by atoms with Crippen molar-refractivity contribution in [3.63, 3.8) is 0 Å². The molecule has 0 spiro atoms. The molecule has 3 N–H and O–H groups in total. The third-order valence-corrected chi connectivity index (χ3v) is 12.7. The number of imide groups is 1. The molecule has 0 unspecified atom stereocenters. The lowest BCUT2D eigenvalue weighted by atomic mass is 10.1. The number of carbonyl (C=O) groups excluding carboxylic acids is 2. The standard InChI is InChI=1S/C32H35N5O6S4/c1-36(2)25-13-5-11-23-21(25)9-7-15-27(23)46(40,41)33-17-19-44-29-30(32(39)35-31(29)38)45-20-18-34-47(42,43)28-16-8-10-22-24(28)12-6-14-26(22)37(3)4/h5-16,33-34H,17-20H2,1-4H3,(H,35,38,39).